The van der Waals surface area contributed by atoms with Crippen LogP contribution in [0.1, 0.15) is 32.6 Å². The van der Waals surface area contributed by atoms with Crippen LogP contribution < -0.4 is 11.1 Å². The third-order valence-electron chi connectivity index (χ3n) is 1.90. The van der Waals surface area contributed by atoms with Crippen LogP contribution >= 0.6 is 0 Å². The molecule has 0 aromatic rings. The van der Waals surface area contributed by atoms with E-state index in [4.69, 9.17) is 5.73 Å². The largest absolute Gasteiger partial charge is 0.388 e. The van der Waals surface area contributed by atoms with Gasteiger partial charge in [0.1, 0.15) is 0 Å². The fraction of sp³-hybridized carbons (Fsp3) is 0.636. The molecule has 0 radical (unpaired) electrons. The van der Waals surface area contributed by atoms with Crippen molar-refractivity contribution < 1.29 is 0 Å². The molecule has 0 fully saturated rings. The van der Waals surface area contributed by atoms with Gasteiger partial charge in [0, 0.05) is 18.8 Å². The molecule has 0 unspecified atom stereocenters. The molecule has 3 N–H and O–H groups in total. The maximum Gasteiger partial charge on any atom is 0.0322 e. The summed E-state index contributed by atoms with van der Waals surface area (Å²) in [5.41, 5.74) is 7.59. The summed E-state index contributed by atoms with van der Waals surface area (Å²) >= 11 is 0. The van der Waals surface area contributed by atoms with Gasteiger partial charge in [0.05, 0.1) is 0 Å². The number of rotatable bonds is 8. The molecule has 0 aromatic heterocycles. The van der Waals surface area contributed by atoms with Crippen LogP contribution in [0.2, 0.25) is 0 Å². The number of unbranched alkanes of at least 4 members (excludes halogenated alkanes) is 2. The van der Waals surface area contributed by atoms with E-state index in [1.807, 2.05) is 0 Å². The van der Waals surface area contributed by atoms with Crippen LogP contribution in [0.5, 0.6) is 0 Å². The normalized spacial score (nSPS) is 9.69. The molecule has 0 rings (SSSR count). The van der Waals surface area contributed by atoms with Gasteiger partial charge in [-0.25, -0.2) is 0 Å². The second-order valence-electron chi connectivity index (χ2n) is 3.50. The second-order valence-corrected chi connectivity index (χ2v) is 3.50. The summed E-state index contributed by atoms with van der Waals surface area (Å²) in [6, 6.07) is 0. The molecular weight excluding hydrogens is 160 g/mol. The first kappa shape index (κ1) is 12.2. The monoisotopic (exact) mass is 182 g/mol. The van der Waals surface area contributed by atoms with E-state index in [9.17, 15) is 0 Å². The van der Waals surface area contributed by atoms with Gasteiger partial charge in [0.15, 0.2) is 0 Å². The SMILES string of the molecule is C=C(C)CCCCCNC(=C)CN. The summed E-state index contributed by atoms with van der Waals surface area (Å²) in [4.78, 5) is 0. The fourth-order valence-electron chi connectivity index (χ4n) is 1.07. The lowest BCUT2D eigenvalue weighted by Gasteiger charge is -2.06. The van der Waals surface area contributed by atoms with Crippen molar-refractivity contribution in [2.24, 2.45) is 5.73 Å². The molecule has 0 aromatic carbocycles. The Bertz CT molecular complexity index is 161. The van der Waals surface area contributed by atoms with Crippen molar-refractivity contribution in [1.82, 2.24) is 5.32 Å². The fourth-order valence-corrected chi connectivity index (χ4v) is 1.07. The van der Waals surface area contributed by atoms with E-state index in [0.29, 0.717) is 6.54 Å². The average Bonchev–Trinajstić information content (AvgIpc) is 2.10. The van der Waals surface area contributed by atoms with Crippen molar-refractivity contribution in [2.45, 2.75) is 32.6 Å². The molecule has 0 atom stereocenters. The maximum atomic E-state index is 5.38. The molecule has 0 amide bonds. The smallest absolute Gasteiger partial charge is 0.0322 e. The molecule has 0 bridgehead atoms. The van der Waals surface area contributed by atoms with Gasteiger partial charge < -0.3 is 11.1 Å². The summed E-state index contributed by atoms with van der Waals surface area (Å²) < 4.78 is 0. The van der Waals surface area contributed by atoms with Gasteiger partial charge in [-0.1, -0.05) is 18.6 Å². The molecular formula is C11H22N2. The second kappa shape index (κ2) is 7.87. The van der Waals surface area contributed by atoms with E-state index in [0.717, 1.165) is 18.7 Å². The van der Waals surface area contributed by atoms with E-state index in [2.05, 4.69) is 25.4 Å². The lowest BCUT2D eigenvalue weighted by Crippen LogP contribution is -2.20. The molecule has 13 heavy (non-hydrogen) atoms. The van der Waals surface area contributed by atoms with Gasteiger partial charge in [-0.15, -0.1) is 6.58 Å². The first-order valence-electron chi connectivity index (χ1n) is 4.93. The molecule has 0 spiro atoms. The predicted octanol–water partition coefficient (Wildman–Crippen LogP) is 2.18. The minimum Gasteiger partial charge on any atom is -0.388 e. The van der Waals surface area contributed by atoms with Gasteiger partial charge in [0.25, 0.3) is 0 Å². The van der Waals surface area contributed by atoms with Gasteiger partial charge in [-0.3, -0.25) is 0 Å². The molecule has 0 aliphatic rings. The van der Waals surface area contributed by atoms with E-state index >= 15 is 0 Å². The van der Waals surface area contributed by atoms with Crippen molar-refractivity contribution in [2.75, 3.05) is 13.1 Å². The van der Waals surface area contributed by atoms with Crippen LogP contribution in [-0.2, 0) is 0 Å². The zero-order chi connectivity index (χ0) is 10.1. The Morgan fingerprint density at radius 1 is 1.23 bits per heavy atom. The Morgan fingerprint density at radius 3 is 2.46 bits per heavy atom. The van der Waals surface area contributed by atoms with Gasteiger partial charge >= 0.3 is 0 Å². The zero-order valence-electron chi connectivity index (χ0n) is 8.73. The Morgan fingerprint density at radius 2 is 1.92 bits per heavy atom. The molecule has 0 saturated carbocycles. The van der Waals surface area contributed by atoms with E-state index < -0.39 is 0 Å². The van der Waals surface area contributed by atoms with E-state index in [-0.39, 0.29) is 0 Å². The summed E-state index contributed by atoms with van der Waals surface area (Å²) in [6.45, 7) is 11.2. The number of nitrogens with one attached hydrogen (secondary N) is 1. The highest BCUT2D eigenvalue weighted by Gasteiger charge is 1.91. The van der Waals surface area contributed by atoms with Crippen molar-refractivity contribution >= 4 is 0 Å². The van der Waals surface area contributed by atoms with Crippen LogP contribution in [0.15, 0.2) is 24.4 Å². The Balaban J connectivity index is 3.08. The number of hydrogen-bond donors (Lipinski definition) is 2. The Hall–Kier alpha value is -0.760. The molecule has 0 heterocycles. The lowest BCUT2D eigenvalue weighted by molar-refractivity contribution is 0.638. The maximum absolute atomic E-state index is 5.38. The average molecular weight is 182 g/mol. The van der Waals surface area contributed by atoms with Crippen LogP contribution in [0.25, 0.3) is 0 Å². The highest BCUT2D eigenvalue weighted by molar-refractivity contribution is 4.91. The molecule has 76 valence electrons. The van der Waals surface area contributed by atoms with Crippen LogP contribution in [-0.4, -0.2) is 13.1 Å². The summed E-state index contributed by atoms with van der Waals surface area (Å²) in [7, 11) is 0. The number of allylic oxidation sites excluding steroid dienone is 1. The first-order chi connectivity index (χ1) is 6.16. The van der Waals surface area contributed by atoms with Crippen molar-refractivity contribution in [3.8, 4) is 0 Å². The predicted molar refractivity (Wildman–Crippen MR) is 59.5 cm³/mol. The third kappa shape index (κ3) is 9.15. The van der Waals surface area contributed by atoms with Crippen LogP contribution in [0, 0.1) is 0 Å². The van der Waals surface area contributed by atoms with Gasteiger partial charge in [-0.05, 0) is 26.2 Å². The minimum absolute atomic E-state index is 0.533. The molecule has 0 saturated heterocycles. The number of hydrogen-bond acceptors (Lipinski definition) is 2. The van der Waals surface area contributed by atoms with Crippen molar-refractivity contribution in [3.05, 3.63) is 24.4 Å². The van der Waals surface area contributed by atoms with E-state index in [1.54, 1.807) is 0 Å². The highest BCUT2D eigenvalue weighted by Crippen LogP contribution is 2.05. The third-order valence-corrected chi connectivity index (χ3v) is 1.90. The van der Waals surface area contributed by atoms with Gasteiger partial charge in [-0.2, -0.15) is 0 Å². The summed E-state index contributed by atoms with van der Waals surface area (Å²) in [5.74, 6) is 0. The molecule has 2 nitrogen and oxygen atoms in total. The van der Waals surface area contributed by atoms with Crippen molar-refractivity contribution in [3.63, 3.8) is 0 Å². The first-order valence-corrected chi connectivity index (χ1v) is 4.93. The summed E-state index contributed by atoms with van der Waals surface area (Å²) in [6.07, 6.45) is 4.83. The van der Waals surface area contributed by atoms with Gasteiger partial charge in [0.2, 0.25) is 0 Å². The Labute approximate surface area is 81.9 Å². The van der Waals surface area contributed by atoms with Crippen LogP contribution in [0.4, 0.5) is 0 Å². The Kier molecular flexibility index (Phi) is 7.41. The van der Waals surface area contributed by atoms with E-state index in [1.165, 1.54) is 24.8 Å². The zero-order valence-corrected chi connectivity index (χ0v) is 8.73. The molecule has 0 aliphatic carbocycles. The number of nitrogens with two attached hydrogens (primary N) is 1. The molecule has 0 aliphatic heterocycles. The minimum atomic E-state index is 0.533. The topological polar surface area (TPSA) is 38.0 Å². The quantitative estimate of drug-likeness (QED) is 0.446. The van der Waals surface area contributed by atoms with Crippen LogP contribution in [0.3, 0.4) is 0 Å². The highest BCUT2D eigenvalue weighted by atomic mass is 14.9. The summed E-state index contributed by atoms with van der Waals surface area (Å²) in [5, 5.41) is 3.18. The lowest BCUT2D eigenvalue weighted by atomic mass is 10.1. The molecule has 2 heteroatoms. The standard InChI is InChI=1S/C11H22N2/c1-10(2)7-5-4-6-8-13-11(3)9-12/h13H,1,3-9,12H2,2H3. The van der Waals surface area contributed by atoms with Crippen molar-refractivity contribution in [1.29, 1.82) is 0 Å².